The fraction of sp³-hybridized carbons (Fsp3) is 0.333. The van der Waals surface area contributed by atoms with Crippen molar-refractivity contribution in [2.24, 2.45) is 0 Å². The Hall–Kier alpha value is -2.08. The van der Waals surface area contributed by atoms with E-state index in [1.807, 2.05) is 37.4 Å². The van der Waals surface area contributed by atoms with Crippen molar-refractivity contribution in [2.75, 3.05) is 20.1 Å². The number of nitrogens with one attached hydrogen (secondary N) is 2. The van der Waals surface area contributed by atoms with Crippen molar-refractivity contribution in [3.8, 4) is 0 Å². The minimum Gasteiger partial charge on any atom is -0.340 e. The van der Waals surface area contributed by atoms with Crippen LogP contribution in [-0.2, 0) is 11.2 Å². The summed E-state index contributed by atoms with van der Waals surface area (Å²) in [4.78, 5) is 27.5. The van der Waals surface area contributed by atoms with Crippen molar-refractivity contribution >= 4 is 35.8 Å². The topological polar surface area (TPSA) is 61.4 Å². The van der Waals surface area contributed by atoms with Crippen LogP contribution >= 0.6 is 24.0 Å². The quantitative estimate of drug-likeness (QED) is 0.753. The molecule has 1 aliphatic rings. The first-order valence-corrected chi connectivity index (χ1v) is 9.50. The van der Waals surface area contributed by atoms with E-state index in [1.54, 1.807) is 29.2 Å². The van der Waals surface area contributed by atoms with Gasteiger partial charge < -0.3 is 15.5 Å². The lowest BCUT2D eigenvalue weighted by molar-refractivity contribution is -0.133. The molecule has 2 unspecified atom stereocenters. The van der Waals surface area contributed by atoms with Crippen molar-refractivity contribution in [1.82, 2.24) is 15.5 Å². The van der Waals surface area contributed by atoms with Crippen LogP contribution in [0.5, 0.6) is 0 Å². The molecule has 0 bridgehead atoms. The van der Waals surface area contributed by atoms with E-state index in [0.717, 1.165) is 25.1 Å². The largest absolute Gasteiger partial charge is 0.340 e. The summed E-state index contributed by atoms with van der Waals surface area (Å²) in [7, 11) is 1.81. The average molecular weight is 422 g/mol. The normalized spacial score (nSPS) is 16.7. The van der Waals surface area contributed by atoms with Crippen LogP contribution in [-0.4, -0.2) is 48.9 Å². The third-order valence-electron chi connectivity index (χ3n) is 4.92. The Kier molecular flexibility index (Phi) is 8.30. The third-order valence-corrected chi connectivity index (χ3v) is 5.17. The summed E-state index contributed by atoms with van der Waals surface area (Å²) in [5.74, 6) is -0.353. The van der Waals surface area contributed by atoms with Crippen LogP contribution in [0.15, 0.2) is 54.6 Å². The highest BCUT2D eigenvalue weighted by atomic mass is 35.5. The lowest BCUT2D eigenvalue weighted by Gasteiger charge is -2.29. The maximum absolute atomic E-state index is 13.1. The minimum atomic E-state index is -0.624. The zero-order valence-corrected chi connectivity index (χ0v) is 17.3. The van der Waals surface area contributed by atoms with Crippen molar-refractivity contribution < 1.29 is 9.59 Å². The smallest absolute Gasteiger partial charge is 0.251 e. The first-order chi connectivity index (χ1) is 13.0. The Morgan fingerprint density at radius 3 is 2.46 bits per heavy atom. The molecule has 0 saturated carbocycles. The predicted molar refractivity (Wildman–Crippen MR) is 114 cm³/mol. The van der Waals surface area contributed by atoms with Gasteiger partial charge in [-0.2, -0.15) is 0 Å². The molecule has 0 spiro atoms. The molecule has 0 radical (unpaired) electrons. The van der Waals surface area contributed by atoms with E-state index in [4.69, 9.17) is 11.6 Å². The van der Waals surface area contributed by atoms with E-state index in [0.29, 0.717) is 17.0 Å². The molecule has 1 heterocycles. The zero-order valence-electron chi connectivity index (χ0n) is 15.7. The van der Waals surface area contributed by atoms with E-state index in [1.165, 1.54) is 0 Å². The fourth-order valence-corrected chi connectivity index (χ4v) is 3.41. The second-order valence-electron chi connectivity index (χ2n) is 6.82. The molecular weight excluding hydrogens is 397 g/mol. The SMILES string of the molecule is CN(C(=O)C(Cc1ccccc1)NC(=O)c1ccc(Cl)cc1)C1CCNC1.Cl. The molecular formula is C21H25Cl2N3O2. The molecule has 28 heavy (non-hydrogen) atoms. The molecule has 7 heteroatoms. The van der Waals surface area contributed by atoms with Crippen LogP contribution in [0, 0.1) is 0 Å². The van der Waals surface area contributed by atoms with E-state index >= 15 is 0 Å². The van der Waals surface area contributed by atoms with Crippen molar-refractivity contribution in [2.45, 2.75) is 24.9 Å². The van der Waals surface area contributed by atoms with Crippen molar-refractivity contribution in [3.05, 3.63) is 70.7 Å². The highest BCUT2D eigenvalue weighted by molar-refractivity contribution is 6.30. The minimum absolute atomic E-state index is 0. The van der Waals surface area contributed by atoms with E-state index in [-0.39, 0.29) is 30.3 Å². The number of rotatable bonds is 6. The van der Waals surface area contributed by atoms with E-state index < -0.39 is 6.04 Å². The standard InChI is InChI=1S/C21H24ClN3O2.ClH/c1-25(18-11-12-23-14-18)21(27)19(13-15-5-3-2-4-6-15)24-20(26)16-7-9-17(22)10-8-16;/h2-10,18-19,23H,11-14H2,1H3,(H,24,26);1H. The number of hydrogen-bond acceptors (Lipinski definition) is 3. The third kappa shape index (κ3) is 5.71. The van der Waals surface area contributed by atoms with Crippen molar-refractivity contribution in [1.29, 1.82) is 0 Å². The maximum atomic E-state index is 13.1. The van der Waals surface area contributed by atoms with Gasteiger partial charge in [0.25, 0.3) is 5.91 Å². The number of benzene rings is 2. The summed E-state index contributed by atoms with van der Waals surface area (Å²) in [6, 6.07) is 15.9. The summed E-state index contributed by atoms with van der Waals surface area (Å²) in [5.41, 5.74) is 1.49. The van der Waals surface area contributed by atoms with E-state index in [2.05, 4.69) is 10.6 Å². The molecule has 3 rings (SSSR count). The van der Waals surface area contributed by atoms with Gasteiger partial charge in [-0.1, -0.05) is 41.9 Å². The number of nitrogens with zero attached hydrogens (tertiary/aromatic N) is 1. The molecule has 0 aliphatic carbocycles. The van der Waals surface area contributed by atoms with Gasteiger partial charge in [0.15, 0.2) is 0 Å². The first kappa shape index (κ1) is 22.2. The maximum Gasteiger partial charge on any atom is 0.251 e. The Morgan fingerprint density at radius 2 is 1.86 bits per heavy atom. The van der Waals surface area contributed by atoms with Crippen LogP contribution < -0.4 is 10.6 Å². The number of carbonyl (C=O) groups is 2. The molecule has 1 fully saturated rings. The Balaban J connectivity index is 0.00000280. The molecule has 150 valence electrons. The highest BCUT2D eigenvalue weighted by Gasteiger charge is 2.30. The Bertz CT molecular complexity index is 778. The van der Waals surface area contributed by atoms with Crippen molar-refractivity contribution in [3.63, 3.8) is 0 Å². The monoisotopic (exact) mass is 421 g/mol. The number of carbonyl (C=O) groups excluding carboxylic acids is 2. The number of halogens is 2. The molecule has 2 atom stereocenters. The van der Waals surface area contributed by atoms with Gasteiger partial charge in [-0.3, -0.25) is 9.59 Å². The molecule has 0 aromatic heterocycles. The van der Waals surface area contributed by atoms with Gasteiger partial charge in [-0.15, -0.1) is 12.4 Å². The lowest BCUT2D eigenvalue weighted by atomic mass is 10.0. The molecule has 2 N–H and O–H groups in total. The van der Waals surface area contributed by atoms with Crippen LogP contribution in [0.1, 0.15) is 22.3 Å². The number of hydrogen-bond donors (Lipinski definition) is 2. The van der Waals surface area contributed by atoms with Gasteiger partial charge in [0.1, 0.15) is 6.04 Å². The summed E-state index contributed by atoms with van der Waals surface area (Å²) >= 11 is 5.90. The van der Waals surface area contributed by atoms with Crippen LogP contribution in [0.2, 0.25) is 5.02 Å². The van der Waals surface area contributed by atoms with Gasteiger partial charge >= 0.3 is 0 Å². The Labute approximate surface area is 176 Å². The average Bonchev–Trinajstić information content (AvgIpc) is 3.22. The second kappa shape index (κ2) is 10.5. The molecule has 5 nitrogen and oxygen atoms in total. The van der Waals surface area contributed by atoms with Crippen LogP contribution in [0.4, 0.5) is 0 Å². The fourth-order valence-electron chi connectivity index (χ4n) is 3.29. The van der Waals surface area contributed by atoms with Gasteiger partial charge in [-0.25, -0.2) is 0 Å². The summed E-state index contributed by atoms with van der Waals surface area (Å²) < 4.78 is 0. The second-order valence-corrected chi connectivity index (χ2v) is 7.25. The highest BCUT2D eigenvalue weighted by Crippen LogP contribution is 2.13. The van der Waals surface area contributed by atoms with E-state index in [9.17, 15) is 9.59 Å². The van der Waals surface area contributed by atoms with Gasteiger partial charge in [0.2, 0.25) is 5.91 Å². The van der Waals surface area contributed by atoms with Crippen LogP contribution in [0.3, 0.4) is 0 Å². The van der Waals surface area contributed by atoms with Gasteiger partial charge in [0, 0.05) is 36.6 Å². The molecule has 2 aromatic carbocycles. The molecule has 2 aromatic rings. The summed E-state index contributed by atoms with van der Waals surface area (Å²) in [6.45, 7) is 1.69. The van der Waals surface area contributed by atoms with Crippen LogP contribution in [0.25, 0.3) is 0 Å². The molecule has 2 amide bonds. The summed E-state index contributed by atoms with van der Waals surface area (Å²) in [6.07, 6.45) is 1.37. The summed E-state index contributed by atoms with van der Waals surface area (Å²) in [5, 5.41) is 6.75. The molecule has 1 aliphatic heterocycles. The number of amides is 2. The Morgan fingerprint density at radius 1 is 1.18 bits per heavy atom. The number of likely N-dealkylation sites (N-methyl/N-ethyl adjacent to an activating group) is 1. The van der Waals surface area contributed by atoms with Gasteiger partial charge in [-0.05, 0) is 42.8 Å². The lowest BCUT2D eigenvalue weighted by Crippen LogP contribution is -2.51. The predicted octanol–water partition coefficient (Wildman–Crippen LogP) is 2.92. The van der Waals surface area contributed by atoms with Gasteiger partial charge in [0.05, 0.1) is 0 Å². The first-order valence-electron chi connectivity index (χ1n) is 9.12. The molecule has 1 saturated heterocycles. The zero-order chi connectivity index (χ0) is 19.2.